The summed E-state index contributed by atoms with van der Waals surface area (Å²) in [7, 11) is 0. The van der Waals surface area contributed by atoms with Crippen LogP contribution in [0.25, 0.3) is 22.2 Å². The van der Waals surface area contributed by atoms with E-state index in [-0.39, 0.29) is 65.0 Å². The molecule has 3 atom stereocenters. The fourth-order valence-electron chi connectivity index (χ4n) is 7.56. The summed E-state index contributed by atoms with van der Waals surface area (Å²) >= 11 is 6.54. The smallest absolute Gasteiger partial charge is 0.418 e. The van der Waals surface area contributed by atoms with Crippen LogP contribution in [-0.4, -0.2) is 76.2 Å². The normalized spacial score (nSPS) is 26.5. The van der Waals surface area contributed by atoms with Gasteiger partial charge in [-0.1, -0.05) is 11.6 Å². The molecule has 1 aromatic carbocycles. The topological polar surface area (TPSA) is 92.4 Å². The lowest BCUT2D eigenvalue weighted by atomic mass is 9.94. The zero-order chi connectivity index (χ0) is 31.2. The number of hydrogen-bond acceptors (Lipinski definition) is 8. The molecule has 0 saturated carbocycles. The molecule has 3 unspecified atom stereocenters. The molecule has 4 saturated heterocycles. The number of nitrogens with one attached hydrogen (secondary N) is 1. The number of nitrogens with zero attached hydrogens (tertiary/aromatic N) is 5. The first-order valence-corrected chi connectivity index (χ1v) is 14.9. The van der Waals surface area contributed by atoms with E-state index in [0.29, 0.717) is 31.9 Å². The van der Waals surface area contributed by atoms with Crippen molar-refractivity contribution in [2.45, 2.75) is 68.7 Å². The maximum atomic E-state index is 16.6. The number of halogens is 7. The Labute approximate surface area is 253 Å². The van der Waals surface area contributed by atoms with Crippen molar-refractivity contribution < 1.29 is 31.1 Å². The highest BCUT2D eigenvalue weighted by Crippen LogP contribution is 2.47. The Morgan fingerprint density at radius 2 is 1.86 bits per heavy atom. The molecule has 8 nitrogen and oxygen atoms in total. The van der Waals surface area contributed by atoms with Gasteiger partial charge in [-0.3, -0.25) is 4.90 Å². The molecule has 44 heavy (non-hydrogen) atoms. The van der Waals surface area contributed by atoms with Crippen molar-refractivity contribution in [3.05, 3.63) is 34.1 Å². The van der Waals surface area contributed by atoms with E-state index in [0.717, 1.165) is 25.3 Å². The van der Waals surface area contributed by atoms with E-state index in [1.165, 1.54) is 13.0 Å². The van der Waals surface area contributed by atoms with E-state index in [2.05, 4.69) is 20.3 Å². The maximum Gasteiger partial charge on any atom is 0.418 e. The minimum atomic E-state index is -4.88. The van der Waals surface area contributed by atoms with E-state index >= 15 is 4.39 Å². The second-order valence-electron chi connectivity index (χ2n) is 12.5. The van der Waals surface area contributed by atoms with Gasteiger partial charge >= 0.3 is 12.2 Å². The van der Waals surface area contributed by atoms with E-state index in [1.54, 1.807) is 4.90 Å². The minimum Gasteiger partial charge on any atom is -0.461 e. The molecule has 3 aromatic rings. The van der Waals surface area contributed by atoms with Crippen LogP contribution in [0.1, 0.15) is 43.2 Å². The van der Waals surface area contributed by atoms with Gasteiger partial charge < -0.3 is 20.7 Å². The quantitative estimate of drug-likeness (QED) is 0.349. The highest BCUT2D eigenvalue weighted by molar-refractivity contribution is 6.34. The van der Waals surface area contributed by atoms with Gasteiger partial charge in [0, 0.05) is 37.0 Å². The van der Waals surface area contributed by atoms with Gasteiger partial charge in [0.05, 0.1) is 33.9 Å². The Morgan fingerprint density at radius 1 is 1.14 bits per heavy atom. The molecule has 3 N–H and O–H groups in total. The predicted octanol–water partition coefficient (Wildman–Crippen LogP) is 5.59. The second kappa shape index (κ2) is 10.2. The van der Waals surface area contributed by atoms with Crippen LogP contribution in [0.2, 0.25) is 5.02 Å². The van der Waals surface area contributed by atoms with Gasteiger partial charge in [-0.2, -0.15) is 23.1 Å². The number of pyridine rings is 1. The zero-order valence-corrected chi connectivity index (χ0v) is 24.5. The highest BCUT2D eigenvalue weighted by atomic mass is 35.5. The van der Waals surface area contributed by atoms with Gasteiger partial charge in [-0.05, 0) is 56.8 Å². The van der Waals surface area contributed by atoms with Crippen molar-refractivity contribution in [1.82, 2.24) is 25.2 Å². The van der Waals surface area contributed by atoms with Gasteiger partial charge in [0.15, 0.2) is 5.82 Å². The predicted molar refractivity (Wildman–Crippen MR) is 153 cm³/mol. The van der Waals surface area contributed by atoms with Crippen LogP contribution >= 0.6 is 11.6 Å². The highest BCUT2D eigenvalue weighted by Gasteiger charge is 2.57. The molecule has 2 aromatic heterocycles. The van der Waals surface area contributed by atoms with Crippen molar-refractivity contribution in [3.8, 4) is 17.3 Å². The average Bonchev–Trinajstić information content (AvgIpc) is 3.54. The third-order valence-corrected chi connectivity index (χ3v) is 9.63. The molecular formula is C29H30ClF6N7O. The van der Waals surface area contributed by atoms with Crippen molar-refractivity contribution in [3.63, 3.8) is 0 Å². The van der Waals surface area contributed by atoms with Crippen LogP contribution in [0, 0.1) is 12.7 Å². The summed E-state index contributed by atoms with van der Waals surface area (Å²) in [5.74, 6) is -3.94. The molecule has 4 aliphatic heterocycles. The van der Waals surface area contributed by atoms with Crippen molar-refractivity contribution in [2.24, 2.45) is 0 Å². The van der Waals surface area contributed by atoms with Gasteiger partial charge in [0.1, 0.15) is 23.8 Å². The molecule has 15 heteroatoms. The summed E-state index contributed by atoms with van der Waals surface area (Å²) in [5, 5.41) is 3.38. The lowest BCUT2D eigenvalue weighted by molar-refractivity contribution is -0.137. The van der Waals surface area contributed by atoms with Gasteiger partial charge in [-0.25, -0.2) is 18.2 Å². The number of piperazine rings is 1. The number of nitrogens with two attached hydrogens (primary N) is 1. The molecule has 0 spiro atoms. The molecule has 2 bridgehead atoms. The Kier molecular flexibility index (Phi) is 6.87. The standard InChI is InChI=1S/C29H30ClF6N7O/c1-14-7-19(37)39-24(21(14)29(34,35)36)20-18(30)8-17-23(22(20)31)40-26(41-25(17)42-9-15-3-4-16(10-42)38-15)44-13-27-5-2-6-43(27)12-28(32,33)11-27/h7-8,15-16,38H,2-6,9-13H2,1H3,(H2,37,39). The van der Waals surface area contributed by atoms with E-state index in [4.69, 9.17) is 22.1 Å². The second-order valence-corrected chi connectivity index (χ2v) is 12.9. The SMILES string of the molecule is Cc1cc(N)nc(-c2c(Cl)cc3c(N4CC5CCC(C4)N5)nc(OCC45CCCN4CC(F)(F)C5)nc3c2F)c1C(F)(F)F. The Morgan fingerprint density at radius 3 is 2.57 bits per heavy atom. The number of aryl methyl sites for hydroxylation is 1. The fourth-order valence-corrected chi connectivity index (χ4v) is 7.84. The van der Waals surface area contributed by atoms with E-state index in [9.17, 15) is 22.0 Å². The van der Waals surface area contributed by atoms with Gasteiger partial charge in [-0.15, -0.1) is 0 Å². The molecule has 0 radical (unpaired) electrons. The summed E-state index contributed by atoms with van der Waals surface area (Å²) in [6, 6.07) is 2.48. The fraction of sp³-hybridized carbons (Fsp3) is 0.552. The average molecular weight is 642 g/mol. The first kappa shape index (κ1) is 29.6. The number of anilines is 2. The molecule has 0 amide bonds. The Hall–Kier alpha value is -3.10. The third kappa shape index (κ3) is 4.98. The summed E-state index contributed by atoms with van der Waals surface area (Å²) in [6.45, 7) is 2.30. The van der Waals surface area contributed by atoms with E-state index < -0.39 is 40.3 Å². The molecule has 4 fully saturated rings. The number of hydrogen-bond donors (Lipinski definition) is 2. The molecule has 4 aliphatic rings. The summed E-state index contributed by atoms with van der Waals surface area (Å²) in [5.41, 5.74) is 1.80. The molecule has 7 rings (SSSR count). The van der Waals surface area contributed by atoms with Crippen LogP contribution < -0.4 is 20.7 Å². The minimum absolute atomic E-state index is 0.142. The third-order valence-electron chi connectivity index (χ3n) is 9.34. The van der Waals surface area contributed by atoms with Crippen molar-refractivity contribution in [1.29, 1.82) is 0 Å². The van der Waals surface area contributed by atoms with E-state index in [1.807, 2.05) is 4.90 Å². The Balaban J connectivity index is 1.37. The molecule has 0 aliphatic carbocycles. The number of rotatable bonds is 5. The largest absolute Gasteiger partial charge is 0.461 e. The maximum absolute atomic E-state index is 16.6. The molecule has 236 valence electrons. The summed E-state index contributed by atoms with van der Waals surface area (Å²) in [4.78, 5) is 16.5. The van der Waals surface area contributed by atoms with Gasteiger partial charge in [0.25, 0.3) is 5.92 Å². The Bertz CT molecular complexity index is 1640. The van der Waals surface area contributed by atoms with Crippen LogP contribution in [0.4, 0.5) is 38.0 Å². The first-order valence-electron chi connectivity index (χ1n) is 14.5. The number of alkyl halides is 5. The summed E-state index contributed by atoms with van der Waals surface area (Å²) < 4.78 is 94.0. The molecular weight excluding hydrogens is 612 g/mol. The van der Waals surface area contributed by atoms with Crippen molar-refractivity contribution >= 4 is 34.1 Å². The van der Waals surface area contributed by atoms with Gasteiger partial charge in [0.2, 0.25) is 0 Å². The number of nitrogen functional groups attached to an aromatic ring is 1. The lowest BCUT2D eigenvalue weighted by Gasteiger charge is -2.34. The lowest BCUT2D eigenvalue weighted by Crippen LogP contribution is -2.51. The molecule has 6 heterocycles. The zero-order valence-electron chi connectivity index (χ0n) is 23.7. The number of aromatic nitrogens is 3. The van der Waals surface area contributed by atoms with Crippen LogP contribution in [0.3, 0.4) is 0 Å². The van der Waals surface area contributed by atoms with Crippen LogP contribution in [0.15, 0.2) is 12.1 Å². The number of fused-ring (bicyclic) bond motifs is 4. The number of benzene rings is 1. The number of ether oxygens (including phenoxy) is 1. The first-order chi connectivity index (χ1) is 20.7. The van der Waals surface area contributed by atoms with Crippen LogP contribution in [0.5, 0.6) is 6.01 Å². The van der Waals surface area contributed by atoms with Crippen molar-refractivity contribution in [2.75, 3.05) is 43.4 Å². The monoisotopic (exact) mass is 641 g/mol. The van der Waals surface area contributed by atoms with Crippen LogP contribution in [-0.2, 0) is 6.18 Å². The summed E-state index contributed by atoms with van der Waals surface area (Å²) in [6.07, 6.45) is -2.14.